The van der Waals surface area contributed by atoms with Crippen LogP contribution in [0.25, 0.3) is 12.2 Å². The number of phenolic OH excluding ortho intramolecular Hbond substituents is 9. The van der Waals surface area contributed by atoms with E-state index in [1.54, 1.807) is 121 Å². The van der Waals surface area contributed by atoms with Crippen LogP contribution < -0.4 is 14.2 Å². The van der Waals surface area contributed by atoms with Crippen molar-refractivity contribution >= 4 is 12.2 Å². The Morgan fingerprint density at radius 2 is 0.809 bits per heavy atom. The third-order valence-corrected chi connectivity index (χ3v) is 13.1. The van der Waals surface area contributed by atoms with Gasteiger partial charge >= 0.3 is 0 Å². The lowest BCUT2D eigenvalue weighted by atomic mass is 9.73. The van der Waals surface area contributed by atoms with Crippen LogP contribution >= 0.6 is 0 Å². The van der Waals surface area contributed by atoms with E-state index < -0.39 is 36.1 Å². The van der Waals surface area contributed by atoms with Gasteiger partial charge in [0.15, 0.2) is 11.5 Å². The molecule has 12 nitrogen and oxygen atoms in total. The second-order valence-corrected chi connectivity index (χ2v) is 17.3. The first kappa shape index (κ1) is 41.8. The van der Waals surface area contributed by atoms with Crippen LogP contribution in [0.5, 0.6) is 69.0 Å². The molecule has 0 radical (unpaired) electrons. The molecule has 12 heteroatoms. The molecule has 0 aliphatic carbocycles. The Morgan fingerprint density at radius 1 is 0.324 bits per heavy atom. The van der Waals surface area contributed by atoms with Gasteiger partial charge in [-0.2, -0.15) is 0 Å². The van der Waals surface area contributed by atoms with Gasteiger partial charge in [0.1, 0.15) is 75.8 Å². The summed E-state index contributed by atoms with van der Waals surface area (Å²) in [5, 5.41) is 96.3. The molecule has 0 bridgehead atoms. The van der Waals surface area contributed by atoms with Crippen LogP contribution in [0.15, 0.2) is 152 Å². The zero-order valence-corrected chi connectivity index (χ0v) is 35.8. The van der Waals surface area contributed by atoms with E-state index in [4.69, 9.17) is 14.2 Å². The van der Waals surface area contributed by atoms with Crippen molar-refractivity contribution in [2.45, 2.75) is 36.1 Å². The predicted molar refractivity (Wildman–Crippen MR) is 251 cm³/mol. The molecule has 8 aromatic carbocycles. The van der Waals surface area contributed by atoms with Crippen LogP contribution in [0.4, 0.5) is 0 Å². The van der Waals surface area contributed by atoms with Gasteiger partial charge in [0, 0.05) is 34.9 Å². The molecule has 0 unspecified atom stereocenters. The van der Waals surface area contributed by atoms with Gasteiger partial charge < -0.3 is 60.2 Å². The van der Waals surface area contributed by atoms with E-state index >= 15 is 0 Å². The highest BCUT2D eigenvalue weighted by Crippen LogP contribution is 2.62. The monoisotopic (exact) mass is 906 g/mol. The fourth-order valence-corrected chi connectivity index (χ4v) is 10.2. The van der Waals surface area contributed by atoms with Crippen molar-refractivity contribution in [1.82, 2.24) is 0 Å². The lowest BCUT2D eigenvalue weighted by molar-refractivity contribution is 0.219. The van der Waals surface area contributed by atoms with Gasteiger partial charge in [-0.15, -0.1) is 0 Å². The van der Waals surface area contributed by atoms with Crippen molar-refractivity contribution < 1.29 is 60.2 Å². The molecule has 0 spiro atoms. The first-order valence-electron chi connectivity index (χ1n) is 21.8. The Labute approximate surface area is 389 Å². The van der Waals surface area contributed by atoms with E-state index in [2.05, 4.69) is 0 Å². The van der Waals surface area contributed by atoms with Gasteiger partial charge in [0.05, 0.1) is 17.8 Å². The van der Waals surface area contributed by atoms with Crippen molar-refractivity contribution in [2.75, 3.05) is 0 Å². The smallest absolute Gasteiger partial charge is 0.157 e. The summed E-state index contributed by atoms with van der Waals surface area (Å²) in [6, 6.07) is 41.0. The Balaban J connectivity index is 1.16. The maximum absolute atomic E-state index is 11.8. The topological polar surface area (TPSA) is 210 Å². The molecule has 3 heterocycles. The van der Waals surface area contributed by atoms with Crippen LogP contribution in [0.1, 0.15) is 97.3 Å². The predicted octanol–water partition coefficient (Wildman–Crippen LogP) is 11.0. The quantitative estimate of drug-likeness (QED) is 0.0515. The zero-order chi connectivity index (χ0) is 47.0. The molecule has 3 aliphatic rings. The SMILES string of the molecule is Oc1ccc([C@H]2Oc3cc(O)cc([C@@H]4c5c(/C=C/c6ccc(O)c(O)c6)cc(O)cc5O[C@H]4c4ccc(O)cc4)c3[C@@H]2c2cccc3c2[C@@H](c2cc(O)cc(O)c2)[C@H](c2ccc(O)cc2)O3)cc1. The molecule has 8 aromatic rings. The van der Waals surface area contributed by atoms with Crippen LogP contribution in [-0.2, 0) is 0 Å². The molecular weight excluding hydrogens is 865 g/mol. The summed E-state index contributed by atoms with van der Waals surface area (Å²) in [7, 11) is 0. The second kappa shape index (κ2) is 16.2. The van der Waals surface area contributed by atoms with Gasteiger partial charge in [-0.25, -0.2) is 0 Å². The van der Waals surface area contributed by atoms with Crippen LogP contribution in [-0.4, -0.2) is 46.0 Å². The number of benzene rings is 8. The van der Waals surface area contributed by atoms with Gasteiger partial charge in [0.25, 0.3) is 0 Å². The van der Waals surface area contributed by atoms with Crippen LogP contribution in [0, 0.1) is 0 Å². The Morgan fingerprint density at radius 3 is 1.38 bits per heavy atom. The molecular formula is C56H42O12. The number of phenols is 9. The first-order valence-corrected chi connectivity index (χ1v) is 21.8. The normalized spacial score (nSPS) is 20.0. The highest BCUT2D eigenvalue weighted by atomic mass is 16.5. The summed E-state index contributed by atoms with van der Waals surface area (Å²) in [6.45, 7) is 0. The summed E-state index contributed by atoms with van der Waals surface area (Å²) >= 11 is 0. The van der Waals surface area contributed by atoms with E-state index in [-0.39, 0.29) is 51.7 Å². The third kappa shape index (κ3) is 7.28. The first-order chi connectivity index (χ1) is 32.9. The molecule has 11 rings (SSSR count). The number of hydrogen-bond donors (Lipinski definition) is 9. The maximum atomic E-state index is 11.8. The van der Waals surface area contributed by atoms with Crippen LogP contribution in [0.3, 0.4) is 0 Å². The molecule has 338 valence electrons. The number of aromatic hydroxyl groups is 9. The van der Waals surface area contributed by atoms with E-state index in [1.165, 1.54) is 24.3 Å². The molecule has 0 saturated heterocycles. The Bertz CT molecular complexity index is 3270. The number of ether oxygens (including phenoxy) is 3. The third-order valence-electron chi connectivity index (χ3n) is 13.1. The summed E-state index contributed by atoms with van der Waals surface area (Å²) < 4.78 is 20.7. The van der Waals surface area contributed by atoms with Crippen molar-refractivity contribution in [3.05, 3.63) is 213 Å². The molecule has 6 atom stereocenters. The summed E-state index contributed by atoms with van der Waals surface area (Å²) in [5.41, 5.74) is 7.24. The van der Waals surface area contributed by atoms with Crippen LogP contribution in [0.2, 0.25) is 0 Å². The highest BCUT2D eigenvalue weighted by molar-refractivity contribution is 5.77. The lowest BCUT2D eigenvalue weighted by Gasteiger charge is -2.28. The minimum Gasteiger partial charge on any atom is -0.508 e. The molecule has 0 amide bonds. The molecule has 0 aromatic heterocycles. The summed E-state index contributed by atoms with van der Waals surface area (Å²) in [6.07, 6.45) is 1.27. The molecule has 9 N–H and O–H groups in total. The second-order valence-electron chi connectivity index (χ2n) is 17.3. The van der Waals surface area contributed by atoms with Gasteiger partial charge in [-0.1, -0.05) is 66.7 Å². The number of rotatable bonds is 8. The van der Waals surface area contributed by atoms with E-state index in [9.17, 15) is 46.0 Å². The van der Waals surface area contributed by atoms with Crippen molar-refractivity contribution in [3.8, 4) is 69.0 Å². The van der Waals surface area contributed by atoms with Crippen molar-refractivity contribution in [2.24, 2.45) is 0 Å². The molecule has 0 fully saturated rings. The summed E-state index contributed by atoms with van der Waals surface area (Å²) in [4.78, 5) is 0. The maximum Gasteiger partial charge on any atom is 0.157 e. The van der Waals surface area contributed by atoms with E-state index in [0.717, 1.165) is 16.7 Å². The zero-order valence-electron chi connectivity index (χ0n) is 35.8. The largest absolute Gasteiger partial charge is 0.508 e. The number of hydrogen-bond acceptors (Lipinski definition) is 12. The average molecular weight is 907 g/mol. The van der Waals surface area contributed by atoms with Crippen molar-refractivity contribution in [1.29, 1.82) is 0 Å². The Kier molecular flexibility index (Phi) is 9.96. The van der Waals surface area contributed by atoms with Gasteiger partial charge in [0.2, 0.25) is 0 Å². The van der Waals surface area contributed by atoms with E-state index in [0.29, 0.717) is 61.8 Å². The van der Waals surface area contributed by atoms with E-state index in [1.807, 2.05) is 18.2 Å². The summed E-state index contributed by atoms with van der Waals surface area (Å²) in [5.74, 6) is -1.65. The van der Waals surface area contributed by atoms with Gasteiger partial charge in [-0.05, 0) is 123 Å². The fourth-order valence-electron chi connectivity index (χ4n) is 10.2. The van der Waals surface area contributed by atoms with Gasteiger partial charge in [-0.3, -0.25) is 0 Å². The fraction of sp³-hybridized carbons (Fsp3) is 0.107. The standard InChI is InChI=1S/C56H42O12/c57-34-13-7-29(8-14-34)54-49(33-22-37(60)24-38(61)23-33)50-41(2-1-3-45(50)66-54)52-51-42(25-40(63)27-47(51)68-55(52)30-9-15-35(58)16-10-30)53-48-32(6-4-28-5-19-43(64)44(65)20-28)21-39(62)26-46(48)67-56(53)31-11-17-36(59)18-12-31/h1-27,49,52-65H/b6-4+/t49-,52+,53-,54+,55-,56+/m1/s1. The lowest BCUT2D eigenvalue weighted by Crippen LogP contribution is -2.18. The average Bonchev–Trinajstić information content (AvgIpc) is 4.02. The minimum atomic E-state index is -0.789. The Hall–Kier alpha value is -8.90. The molecule has 68 heavy (non-hydrogen) atoms. The number of fused-ring (bicyclic) bond motifs is 3. The molecule has 3 aliphatic heterocycles. The molecule has 0 saturated carbocycles. The minimum absolute atomic E-state index is 0.0445. The highest BCUT2D eigenvalue weighted by Gasteiger charge is 2.49. The van der Waals surface area contributed by atoms with Crippen molar-refractivity contribution in [3.63, 3.8) is 0 Å².